The lowest BCUT2D eigenvalue weighted by Gasteiger charge is -2.10. The van der Waals surface area contributed by atoms with Crippen molar-refractivity contribution in [1.29, 1.82) is 0 Å². The number of esters is 1. The predicted octanol–water partition coefficient (Wildman–Crippen LogP) is 4.08. The molecule has 0 rings (SSSR count). The van der Waals surface area contributed by atoms with Crippen molar-refractivity contribution < 1.29 is 14.3 Å². The first kappa shape index (κ1) is 17.0. The Morgan fingerprint density at radius 1 is 1.06 bits per heavy atom. The fourth-order valence-corrected chi connectivity index (χ4v) is 1.46. The topological polar surface area (TPSA) is 35.5 Å². The molecule has 0 saturated carbocycles. The minimum Gasteiger partial charge on any atom is -0.487 e. The number of hydrogen-bond donors (Lipinski definition) is 0. The smallest absolute Gasteiger partial charge is 0.372 e. The van der Waals surface area contributed by atoms with E-state index in [0.717, 1.165) is 12.8 Å². The third-order valence-corrected chi connectivity index (χ3v) is 2.55. The van der Waals surface area contributed by atoms with Gasteiger partial charge in [0.1, 0.15) is 0 Å². The lowest BCUT2D eigenvalue weighted by atomic mass is 10.1. The molecule has 3 nitrogen and oxygen atoms in total. The number of hydrogen-bond acceptors (Lipinski definition) is 3. The second kappa shape index (κ2) is 11.1. The van der Waals surface area contributed by atoms with Crippen LogP contribution in [-0.2, 0) is 14.3 Å². The van der Waals surface area contributed by atoms with E-state index in [9.17, 15) is 4.79 Å². The first-order chi connectivity index (χ1) is 8.57. The maximum Gasteiger partial charge on any atom is 0.372 e. The largest absolute Gasteiger partial charge is 0.487 e. The van der Waals surface area contributed by atoms with Gasteiger partial charge in [-0.25, -0.2) is 4.79 Å². The molecule has 0 aromatic carbocycles. The molecule has 18 heavy (non-hydrogen) atoms. The highest BCUT2D eigenvalue weighted by Gasteiger charge is 2.10. The van der Waals surface area contributed by atoms with E-state index in [1.54, 1.807) is 0 Å². The second-order valence-corrected chi connectivity index (χ2v) is 5.03. The molecular weight excluding hydrogens is 228 g/mol. The van der Waals surface area contributed by atoms with Crippen molar-refractivity contribution in [3.63, 3.8) is 0 Å². The van der Waals surface area contributed by atoms with Crippen LogP contribution in [0.4, 0.5) is 0 Å². The van der Waals surface area contributed by atoms with Crippen LogP contribution >= 0.6 is 0 Å². The Hall–Kier alpha value is -0.990. The lowest BCUT2D eigenvalue weighted by Crippen LogP contribution is -2.13. The van der Waals surface area contributed by atoms with E-state index in [4.69, 9.17) is 9.47 Å². The van der Waals surface area contributed by atoms with E-state index in [0.29, 0.717) is 19.1 Å². The highest BCUT2D eigenvalue weighted by molar-refractivity contribution is 5.85. The molecule has 0 amide bonds. The molecule has 0 aromatic heterocycles. The Morgan fingerprint density at radius 3 is 2.28 bits per heavy atom. The normalized spacial score (nSPS) is 10.4. The van der Waals surface area contributed by atoms with E-state index in [1.807, 2.05) is 13.8 Å². The van der Waals surface area contributed by atoms with Gasteiger partial charge in [-0.2, -0.15) is 0 Å². The quantitative estimate of drug-likeness (QED) is 0.242. The monoisotopic (exact) mass is 256 g/mol. The van der Waals surface area contributed by atoms with E-state index >= 15 is 0 Å². The maximum absolute atomic E-state index is 11.4. The predicted molar refractivity (Wildman–Crippen MR) is 74.3 cm³/mol. The van der Waals surface area contributed by atoms with Gasteiger partial charge >= 0.3 is 5.97 Å². The van der Waals surface area contributed by atoms with Crippen LogP contribution < -0.4 is 0 Å². The SMILES string of the molecule is C=C(OCCCCCCCC)C(=O)OCC(C)C. The van der Waals surface area contributed by atoms with Gasteiger partial charge < -0.3 is 9.47 Å². The summed E-state index contributed by atoms with van der Waals surface area (Å²) >= 11 is 0. The minimum absolute atomic E-state index is 0.129. The molecule has 0 aliphatic carbocycles. The Bertz CT molecular complexity index is 234. The van der Waals surface area contributed by atoms with Crippen LogP contribution in [0.5, 0.6) is 0 Å². The summed E-state index contributed by atoms with van der Waals surface area (Å²) in [6.45, 7) is 10.7. The van der Waals surface area contributed by atoms with E-state index < -0.39 is 5.97 Å². The third kappa shape index (κ3) is 10.2. The molecule has 106 valence electrons. The van der Waals surface area contributed by atoms with Gasteiger partial charge in [-0.05, 0) is 18.9 Å². The van der Waals surface area contributed by atoms with Gasteiger partial charge in [-0.3, -0.25) is 0 Å². The fourth-order valence-electron chi connectivity index (χ4n) is 1.46. The fraction of sp³-hybridized carbons (Fsp3) is 0.800. The van der Waals surface area contributed by atoms with Gasteiger partial charge in [0.05, 0.1) is 13.2 Å². The van der Waals surface area contributed by atoms with Crippen molar-refractivity contribution >= 4 is 5.97 Å². The molecule has 0 spiro atoms. The molecule has 0 atom stereocenters. The summed E-state index contributed by atoms with van der Waals surface area (Å²) in [6.07, 6.45) is 7.20. The third-order valence-electron chi connectivity index (χ3n) is 2.55. The lowest BCUT2D eigenvalue weighted by molar-refractivity contribution is -0.144. The summed E-state index contributed by atoms with van der Waals surface area (Å²) in [4.78, 5) is 11.4. The van der Waals surface area contributed by atoms with Crippen molar-refractivity contribution in [2.45, 2.75) is 59.3 Å². The average molecular weight is 256 g/mol. The van der Waals surface area contributed by atoms with Crippen LogP contribution in [0.15, 0.2) is 12.3 Å². The number of carbonyl (C=O) groups is 1. The molecule has 0 saturated heterocycles. The molecule has 0 aromatic rings. The maximum atomic E-state index is 11.4. The van der Waals surface area contributed by atoms with Crippen molar-refractivity contribution in [1.82, 2.24) is 0 Å². The molecule has 3 heteroatoms. The number of unbranched alkanes of at least 4 members (excludes halogenated alkanes) is 5. The standard InChI is InChI=1S/C15H28O3/c1-5-6-7-8-9-10-11-17-14(4)15(16)18-12-13(2)3/h13H,4-12H2,1-3H3. The van der Waals surface area contributed by atoms with Crippen LogP contribution in [-0.4, -0.2) is 19.2 Å². The zero-order valence-electron chi connectivity index (χ0n) is 12.2. The second-order valence-electron chi connectivity index (χ2n) is 5.03. The molecule has 0 unspecified atom stereocenters. The zero-order valence-corrected chi connectivity index (χ0v) is 12.2. The molecule has 0 fully saturated rings. The van der Waals surface area contributed by atoms with Crippen molar-refractivity contribution in [2.75, 3.05) is 13.2 Å². The van der Waals surface area contributed by atoms with Gasteiger partial charge in [-0.15, -0.1) is 0 Å². The number of ether oxygens (including phenoxy) is 2. The average Bonchev–Trinajstić information content (AvgIpc) is 2.34. The van der Waals surface area contributed by atoms with Crippen LogP contribution in [0.1, 0.15) is 59.3 Å². The van der Waals surface area contributed by atoms with Gasteiger partial charge in [0.2, 0.25) is 0 Å². The summed E-state index contributed by atoms with van der Waals surface area (Å²) in [5, 5.41) is 0. The van der Waals surface area contributed by atoms with Crippen molar-refractivity contribution in [3.05, 3.63) is 12.3 Å². The van der Waals surface area contributed by atoms with E-state index in [2.05, 4.69) is 13.5 Å². The van der Waals surface area contributed by atoms with Gasteiger partial charge in [0.15, 0.2) is 5.76 Å². The van der Waals surface area contributed by atoms with Crippen LogP contribution in [0.3, 0.4) is 0 Å². The Labute approximate surface area is 112 Å². The Kier molecular flexibility index (Phi) is 10.5. The molecular formula is C15H28O3. The molecule has 0 aliphatic heterocycles. The van der Waals surface area contributed by atoms with Crippen molar-refractivity contribution in [3.8, 4) is 0 Å². The molecule has 0 aliphatic rings. The van der Waals surface area contributed by atoms with E-state index in [1.165, 1.54) is 25.7 Å². The Balaban J connectivity index is 3.43. The highest BCUT2D eigenvalue weighted by Crippen LogP contribution is 2.07. The Morgan fingerprint density at radius 2 is 1.67 bits per heavy atom. The molecule has 0 radical (unpaired) electrons. The minimum atomic E-state index is -0.435. The van der Waals surface area contributed by atoms with Gasteiger partial charge in [0.25, 0.3) is 0 Å². The van der Waals surface area contributed by atoms with Gasteiger partial charge in [0, 0.05) is 0 Å². The summed E-state index contributed by atoms with van der Waals surface area (Å²) in [6, 6.07) is 0. The van der Waals surface area contributed by atoms with E-state index in [-0.39, 0.29) is 5.76 Å². The van der Waals surface area contributed by atoms with Crippen LogP contribution in [0.25, 0.3) is 0 Å². The molecule has 0 heterocycles. The highest BCUT2D eigenvalue weighted by atomic mass is 16.6. The molecule has 0 bridgehead atoms. The molecule has 0 N–H and O–H groups in total. The van der Waals surface area contributed by atoms with Crippen LogP contribution in [0.2, 0.25) is 0 Å². The summed E-state index contributed by atoms with van der Waals surface area (Å²) in [5.41, 5.74) is 0. The number of carbonyl (C=O) groups excluding carboxylic acids is 1. The number of rotatable bonds is 11. The summed E-state index contributed by atoms with van der Waals surface area (Å²) in [7, 11) is 0. The first-order valence-electron chi connectivity index (χ1n) is 7.06. The van der Waals surface area contributed by atoms with Crippen molar-refractivity contribution in [2.24, 2.45) is 5.92 Å². The summed E-state index contributed by atoms with van der Waals surface area (Å²) in [5.74, 6) is 0.0270. The summed E-state index contributed by atoms with van der Waals surface area (Å²) < 4.78 is 10.3. The first-order valence-corrected chi connectivity index (χ1v) is 7.06. The van der Waals surface area contributed by atoms with Gasteiger partial charge in [-0.1, -0.05) is 52.9 Å². The zero-order chi connectivity index (χ0) is 13.8. The van der Waals surface area contributed by atoms with Crippen LogP contribution in [0, 0.1) is 5.92 Å².